The highest BCUT2D eigenvalue weighted by atomic mass is 35.5. The van der Waals surface area contributed by atoms with E-state index in [0.29, 0.717) is 19.6 Å². The van der Waals surface area contributed by atoms with Gasteiger partial charge in [-0.05, 0) is 48.4 Å². The summed E-state index contributed by atoms with van der Waals surface area (Å²) in [5.74, 6) is -0.377. The van der Waals surface area contributed by atoms with E-state index in [9.17, 15) is 14.3 Å². The van der Waals surface area contributed by atoms with Crippen molar-refractivity contribution in [1.29, 1.82) is 0 Å². The Bertz CT molecular complexity index is 937. The van der Waals surface area contributed by atoms with E-state index in [1.165, 1.54) is 12.1 Å². The van der Waals surface area contributed by atoms with Crippen molar-refractivity contribution in [2.75, 3.05) is 19.8 Å². The average molecular weight is 520 g/mol. The molecule has 1 heterocycles. The van der Waals surface area contributed by atoms with Crippen LogP contribution < -0.4 is 0 Å². The van der Waals surface area contributed by atoms with Crippen LogP contribution in [0, 0.1) is 5.82 Å². The molecule has 188 valence electrons. The van der Waals surface area contributed by atoms with Gasteiger partial charge in [0.05, 0.1) is 19.3 Å². The maximum atomic E-state index is 12.9. The molecule has 2 atom stereocenters. The summed E-state index contributed by atoms with van der Waals surface area (Å²) in [6, 6.07) is 24.9. The molecule has 0 saturated carbocycles. The molecular formula is C28H32Cl2FNO3. The summed E-state index contributed by atoms with van der Waals surface area (Å²) in [4.78, 5) is 14.2. The monoisotopic (exact) mass is 519 g/mol. The molecule has 0 spiro atoms. The van der Waals surface area contributed by atoms with Crippen LogP contribution in [0.4, 0.5) is 4.39 Å². The van der Waals surface area contributed by atoms with E-state index in [-0.39, 0.29) is 24.4 Å². The molecule has 1 fully saturated rings. The van der Waals surface area contributed by atoms with Crippen LogP contribution in [0.3, 0.4) is 0 Å². The van der Waals surface area contributed by atoms with Crippen molar-refractivity contribution >= 4 is 29.1 Å². The molecule has 0 aromatic heterocycles. The zero-order valence-electron chi connectivity index (χ0n) is 19.8. The number of morpholine rings is 1. The van der Waals surface area contributed by atoms with E-state index in [4.69, 9.17) is 27.9 Å². The molecule has 1 aliphatic heterocycles. The Kier molecular flexibility index (Phi) is 13.4. The molecule has 1 saturated heterocycles. The van der Waals surface area contributed by atoms with E-state index < -0.39 is 6.10 Å². The zero-order valence-corrected chi connectivity index (χ0v) is 21.3. The van der Waals surface area contributed by atoms with E-state index in [1.54, 1.807) is 17.0 Å². The predicted octanol–water partition coefficient (Wildman–Crippen LogP) is 6.44. The smallest absolute Gasteiger partial charge is 0.252 e. The third kappa shape index (κ3) is 10.8. The Morgan fingerprint density at radius 3 is 1.94 bits per heavy atom. The number of carbonyl (C=O) groups is 1. The van der Waals surface area contributed by atoms with Crippen molar-refractivity contribution in [3.05, 3.63) is 106 Å². The number of amides is 1. The minimum Gasteiger partial charge on any atom is -0.394 e. The van der Waals surface area contributed by atoms with Crippen molar-refractivity contribution in [3.8, 4) is 0 Å². The third-order valence-electron chi connectivity index (χ3n) is 5.28. The van der Waals surface area contributed by atoms with Gasteiger partial charge in [0, 0.05) is 23.0 Å². The topological polar surface area (TPSA) is 49.8 Å². The molecule has 7 heteroatoms. The maximum absolute atomic E-state index is 12.9. The molecule has 4 nitrogen and oxygen atoms in total. The Hall–Kier alpha value is -2.44. The Labute approximate surface area is 217 Å². The van der Waals surface area contributed by atoms with E-state index in [0.717, 1.165) is 28.5 Å². The van der Waals surface area contributed by atoms with Crippen LogP contribution in [-0.2, 0) is 16.0 Å². The van der Waals surface area contributed by atoms with Gasteiger partial charge in [-0.3, -0.25) is 4.79 Å². The number of rotatable bonds is 6. The summed E-state index contributed by atoms with van der Waals surface area (Å²) in [5, 5.41) is 11.0. The molecule has 1 aliphatic rings. The van der Waals surface area contributed by atoms with Crippen LogP contribution in [0.2, 0.25) is 10.0 Å². The van der Waals surface area contributed by atoms with Crippen LogP contribution in [0.15, 0.2) is 84.9 Å². The number of benzene rings is 3. The van der Waals surface area contributed by atoms with Gasteiger partial charge in [-0.15, -0.1) is 0 Å². The van der Waals surface area contributed by atoms with Gasteiger partial charge in [-0.2, -0.15) is 0 Å². The first kappa shape index (κ1) is 28.8. The van der Waals surface area contributed by atoms with Crippen LogP contribution in [-0.4, -0.2) is 47.8 Å². The second-order valence-electron chi connectivity index (χ2n) is 7.94. The molecule has 0 radical (unpaired) electrons. The Balaban J connectivity index is 0.000000249. The molecule has 4 rings (SSSR count). The maximum Gasteiger partial charge on any atom is 0.252 e. The fourth-order valence-corrected chi connectivity index (χ4v) is 3.80. The quantitative estimate of drug-likeness (QED) is 0.407. The lowest BCUT2D eigenvalue weighted by Crippen LogP contribution is -2.53. The lowest BCUT2D eigenvalue weighted by atomic mass is 10.0. The van der Waals surface area contributed by atoms with E-state index >= 15 is 0 Å². The number of hydrogen-bond donors (Lipinski definition) is 1. The first-order chi connectivity index (χ1) is 16.9. The predicted molar refractivity (Wildman–Crippen MR) is 140 cm³/mol. The van der Waals surface area contributed by atoms with Crippen molar-refractivity contribution < 1.29 is 19.0 Å². The van der Waals surface area contributed by atoms with Gasteiger partial charge >= 0.3 is 0 Å². The van der Waals surface area contributed by atoms with Crippen molar-refractivity contribution in [1.82, 2.24) is 4.90 Å². The summed E-state index contributed by atoms with van der Waals surface area (Å²) >= 11 is 11.1. The largest absolute Gasteiger partial charge is 0.394 e. The molecule has 1 N–H and O–H groups in total. The number of halogens is 3. The Morgan fingerprint density at radius 1 is 0.971 bits per heavy atom. The van der Waals surface area contributed by atoms with Crippen molar-refractivity contribution in [3.63, 3.8) is 0 Å². The molecule has 2 unspecified atom stereocenters. The number of aliphatic hydroxyl groups excluding tert-OH is 1. The molecule has 0 aliphatic carbocycles. The van der Waals surface area contributed by atoms with Crippen LogP contribution in [0.25, 0.3) is 0 Å². The number of carbonyl (C=O) groups excluding carboxylic acids is 1. The standard InChI is InChI=1S/C16H22FNO3.2C6H5Cl/c1-2-3-14(11-19)18-8-9-21-15(16(18)20)10-12-4-6-13(17)7-5-12;2*7-6-4-2-1-3-5-6/h4-7,14-15,19H,2-3,8-11H2,1H3;2*1-5H. The first-order valence-corrected chi connectivity index (χ1v) is 12.4. The fraction of sp³-hybridized carbons (Fsp3) is 0.321. The highest BCUT2D eigenvalue weighted by Crippen LogP contribution is 2.18. The van der Waals surface area contributed by atoms with Crippen molar-refractivity contribution in [2.24, 2.45) is 0 Å². The lowest BCUT2D eigenvalue weighted by Gasteiger charge is -2.37. The SMILES string of the molecule is CCCC(CO)N1CCOC(Cc2ccc(F)cc2)C1=O.Clc1ccccc1.Clc1ccccc1. The number of ether oxygens (including phenoxy) is 1. The summed E-state index contributed by atoms with van der Waals surface area (Å²) < 4.78 is 18.5. The molecule has 1 amide bonds. The second kappa shape index (κ2) is 16.3. The molecule has 0 bridgehead atoms. The highest BCUT2D eigenvalue weighted by Gasteiger charge is 2.33. The zero-order chi connectivity index (χ0) is 25.5. The number of hydrogen-bond acceptors (Lipinski definition) is 3. The van der Waals surface area contributed by atoms with Gasteiger partial charge in [0.1, 0.15) is 11.9 Å². The van der Waals surface area contributed by atoms with Gasteiger partial charge in [0.2, 0.25) is 0 Å². The highest BCUT2D eigenvalue weighted by molar-refractivity contribution is 6.30. The summed E-state index contributed by atoms with van der Waals surface area (Å²) in [6.07, 6.45) is 1.58. The summed E-state index contributed by atoms with van der Waals surface area (Å²) in [6.45, 7) is 2.99. The second-order valence-corrected chi connectivity index (χ2v) is 8.81. The molecular weight excluding hydrogens is 488 g/mol. The van der Waals surface area contributed by atoms with Gasteiger partial charge in [0.25, 0.3) is 5.91 Å². The van der Waals surface area contributed by atoms with E-state index in [1.807, 2.05) is 67.6 Å². The number of aliphatic hydroxyl groups is 1. The summed E-state index contributed by atoms with van der Waals surface area (Å²) in [7, 11) is 0. The van der Waals surface area contributed by atoms with Gasteiger partial charge in [-0.1, -0.05) is 85.1 Å². The molecule has 3 aromatic carbocycles. The van der Waals surface area contributed by atoms with Gasteiger partial charge in [0.15, 0.2) is 0 Å². The van der Waals surface area contributed by atoms with Crippen LogP contribution >= 0.6 is 23.2 Å². The van der Waals surface area contributed by atoms with Gasteiger partial charge < -0.3 is 14.7 Å². The minimum absolute atomic E-state index is 0.0250. The van der Waals surface area contributed by atoms with Crippen LogP contribution in [0.5, 0.6) is 0 Å². The fourth-order valence-electron chi connectivity index (χ4n) is 3.51. The van der Waals surface area contributed by atoms with Crippen LogP contribution in [0.1, 0.15) is 25.3 Å². The Morgan fingerprint density at radius 2 is 1.51 bits per heavy atom. The molecule has 35 heavy (non-hydrogen) atoms. The lowest BCUT2D eigenvalue weighted by molar-refractivity contribution is -0.157. The molecule has 3 aromatic rings. The summed E-state index contributed by atoms with van der Waals surface area (Å²) in [5.41, 5.74) is 0.868. The number of nitrogens with zero attached hydrogens (tertiary/aromatic N) is 1. The average Bonchev–Trinajstić information content (AvgIpc) is 2.87. The van der Waals surface area contributed by atoms with E-state index in [2.05, 4.69) is 0 Å². The first-order valence-electron chi connectivity index (χ1n) is 11.6. The van der Waals surface area contributed by atoms with Crippen molar-refractivity contribution in [2.45, 2.75) is 38.3 Å². The van der Waals surface area contributed by atoms with Gasteiger partial charge in [-0.25, -0.2) is 4.39 Å². The minimum atomic E-state index is -0.546. The normalized spacial score (nSPS) is 15.9. The third-order valence-corrected chi connectivity index (χ3v) is 5.79.